The summed E-state index contributed by atoms with van der Waals surface area (Å²) in [5.74, 6) is 0. The molecule has 0 saturated heterocycles. The molecule has 2 N–H and O–H groups in total. The number of nitrogens with zero attached hydrogens (tertiary/aromatic N) is 3. The predicted molar refractivity (Wildman–Crippen MR) is 86.3 cm³/mol. The van der Waals surface area contributed by atoms with Gasteiger partial charge in [-0.1, -0.05) is 15.9 Å². The van der Waals surface area contributed by atoms with Gasteiger partial charge in [0.05, 0.1) is 33.8 Å². The van der Waals surface area contributed by atoms with E-state index in [9.17, 15) is 0 Å². The largest absolute Gasteiger partial charge is 0.397 e. The topological polar surface area (TPSA) is 47.1 Å². The second-order valence-corrected chi connectivity index (χ2v) is 6.24. The lowest BCUT2D eigenvalue weighted by atomic mass is 10.2. The number of benzene rings is 1. The van der Waals surface area contributed by atoms with Crippen LogP contribution in [0.2, 0.25) is 0 Å². The molecule has 0 spiro atoms. The maximum atomic E-state index is 6.05. The Hall–Kier alpha value is -1.01. The maximum Gasteiger partial charge on any atom is 0.0739 e. The molecule has 102 valence electrons. The molecule has 1 heterocycles. The third-order valence-electron chi connectivity index (χ3n) is 3.05. The molecule has 0 aliphatic carbocycles. The predicted octanol–water partition coefficient (Wildman–Crippen LogP) is 3.47. The highest BCUT2D eigenvalue weighted by molar-refractivity contribution is 9.10. The fourth-order valence-corrected chi connectivity index (χ4v) is 2.87. The Morgan fingerprint density at radius 2 is 2.05 bits per heavy atom. The molecule has 0 atom stereocenters. The highest BCUT2D eigenvalue weighted by Gasteiger charge is 2.14. The molecule has 0 unspecified atom stereocenters. The zero-order valence-corrected chi connectivity index (χ0v) is 14.3. The number of hydrogen-bond donors (Lipinski definition) is 1. The van der Waals surface area contributed by atoms with E-state index < -0.39 is 0 Å². The maximum absolute atomic E-state index is 6.05. The van der Waals surface area contributed by atoms with Crippen LogP contribution in [0.25, 0.3) is 0 Å². The number of nitrogens with two attached hydrogens (primary N) is 1. The van der Waals surface area contributed by atoms with Gasteiger partial charge < -0.3 is 10.6 Å². The van der Waals surface area contributed by atoms with Crippen LogP contribution in [0.4, 0.5) is 11.4 Å². The van der Waals surface area contributed by atoms with E-state index in [2.05, 4.69) is 41.9 Å². The van der Waals surface area contributed by atoms with Crippen LogP contribution in [0.5, 0.6) is 0 Å². The number of nitrogen functional groups attached to an aromatic ring is 1. The first-order chi connectivity index (χ1) is 8.90. The minimum Gasteiger partial charge on any atom is -0.397 e. The van der Waals surface area contributed by atoms with Gasteiger partial charge in [0.1, 0.15) is 0 Å². The second kappa shape index (κ2) is 5.54. The minimum atomic E-state index is 0.740. The summed E-state index contributed by atoms with van der Waals surface area (Å²) in [6.45, 7) is 2.73. The van der Waals surface area contributed by atoms with Crippen molar-refractivity contribution in [1.29, 1.82) is 0 Å². The average molecular weight is 388 g/mol. The third-order valence-corrected chi connectivity index (χ3v) is 4.57. The monoisotopic (exact) mass is 386 g/mol. The lowest BCUT2D eigenvalue weighted by Gasteiger charge is -2.21. The molecule has 0 bridgehead atoms. The number of anilines is 2. The van der Waals surface area contributed by atoms with Crippen LogP contribution in [0.3, 0.4) is 0 Å². The molecular weight excluding hydrogens is 372 g/mol. The Morgan fingerprint density at radius 3 is 2.58 bits per heavy atom. The van der Waals surface area contributed by atoms with Gasteiger partial charge in [-0.2, -0.15) is 5.10 Å². The van der Waals surface area contributed by atoms with E-state index in [0.717, 1.165) is 38.3 Å². The molecule has 6 heteroatoms. The number of halogens is 2. The number of aromatic nitrogens is 2. The molecule has 0 fully saturated rings. The van der Waals surface area contributed by atoms with Crippen molar-refractivity contribution in [2.24, 2.45) is 7.05 Å². The molecule has 0 saturated carbocycles. The molecule has 19 heavy (non-hydrogen) atoms. The molecule has 0 radical (unpaired) electrons. The van der Waals surface area contributed by atoms with Crippen LogP contribution in [0.1, 0.15) is 11.4 Å². The summed E-state index contributed by atoms with van der Waals surface area (Å²) < 4.78 is 3.93. The van der Waals surface area contributed by atoms with Gasteiger partial charge in [-0.25, -0.2) is 0 Å². The molecule has 0 aliphatic heterocycles. The average Bonchev–Trinajstić information content (AvgIpc) is 2.56. The SMILES string of the molecule is Cc1nn(C)c(CN(C)c2ccc(Br)cc2N)c1Br. The van der Waals surface area contributed by atoms with Gasteiger partial charge >= 0.3 is 0 Å². The van der Waals surface area contributed by atoms with Gasteiger partial charge in [0.15, 0.2) is 0 Å². The standard InChI is InChI=1S/C13H16Br2N4/c1-8-13(15)12(19(3)17-8)7-18(2)11-5-4-9(14)6-10(11)16/h4-6H,7,16H2,1-3H3. The fourth-order valence-electron chi connectivity index (χ4n) is 2.03. The lowest BCUT2D eigenvalue weighted by Crippen LogP contribution is -2.20. The van der Waals surface area contributed by atoms with Gasteiger partial charge in [-0.3, -0.25) is 4.68 Å². The van der Waals surface area contributed by atoms with Crippen molar-refractivity contribution in [3.05, 3.63) is 38.5 Å². The normalized spacial score (nSPS) is 10.8. The number of hydrogen-bond acceptors (Lipinski definition) is 3. The molecule has 1 aromatic carbocycles. The summed E-state index contributed by atoms with van der Waals surface area (Å²) in [4.78, 5) is 2.11. The summed E-state index contributed by atoms with van der Waals surface area (Å²) >= 11 is 7.00. The Balaban J connectivity index is 2.28. The van der Waals surface area contributed by atoms with Crippen molar-refractivity contribution in [1.82, 2.24) is 9.78 Å². The molecule has 0 amide bonds. The van der Waals surface area contributed by atoms with E-state index >= 15 is 0 Å². The van der Waals surface area contributed by atoms with Crippen LogP contribution in [0.15, 0.2) is 27.1 Å². The van der Waals surface area contributed by atoms with Gasteiger partial charge in [0, 0.05) is 18.6 Å². The zero-order valence-electron chi connectivity index (χ0n) is 11.1. The van der Waals surface area contributed by atoms with Crippen LogP contribution in [-0.2, 0) is 13.6 Å². The van der Waals surface area contributed by atoms with Crippen LogP contribution in [0, 0.1) is 6.92 Å². The van der Waals surface area contributed by atoms with E-state index in [1.807, 2.05) is 43.9 Å². The first-order valence-corrected chi connectivity index (χ1v) is 7.43. The van der Waals surface area contributed by atoms with Crippen molar-refractivity contribution < 1.29 is 0 Å². The highest BCUT2D eigenvalue weighted by Crippen LogP contribution is 2.28. The first-order valence-electron chi connectivity index (χ1n) is 5.84. The van der Waals surface area contributed by atoms with Crippen molar-refractivity contribution >= 4 is 43.2 Å². The van der Waals surface area contributed by atoms with E-state index in [0.29, 0.717) is 0 Å². The number of rotatable bonds is 3. The third kappa shape index (κ3) is 2.95. The molecule has 1 aromatic heterocycles. The zero-order chi connectivity index (χ0) is 14.2. The van der Waals surface area contributed by atoms with E-state index in [-0.39, 0.29) is 0 Å². The summed E-state index contributed by atoms with van der Waals surface area (Å²) in [6, 6.07) is 5.91. The first kappa shape index (κ1) is 14.4. The van der Waals surface area contributed by atoms with E-state index in [1.54, 1.807) is 0 Å². The quantitative estimate of drug-likeness (QED) is 0.820. The van der Waals surface area contributed by atoms with Gasteiger partial charge in [0.25, 0.3) is 0 Å². The molecule has 2 rings (SSSR count). The van der Waals surface area contributed by atoms with Crippen molar-refractivity contribution in [3.8, 4) is 0 Å². The Morgan fingerprint density at radius 1 is 1.37 bits per heavy atom. The minimum absolute atomic E-state index is 0.740. The van der Waals surface area contributed by atoms with Gasteiger partial charge in [0.2, 0.25) is 0 Å². The second-order valence-electron chi connectivity index (χ2n) is 4.53. The summed E-state index contributed by atoms with van der Waals surface area (Å²) in [5.41, 5.74) is 9.94. The van der Waals surface area contributed by atoms with Crippen LogP contribution >= 0.6 is 31.9 Å². The summed E-state index contributed by atoms with van der Waals surface area (Å²) in [7, 11) is 3.97. The fraction of sp³-hybridized carbons (Fsp3) is 0.308. The smallest absolute Gasteiger partial charge is 0.0739 e. The number of aryl methyl sites for hydroxylation is 2. The van der Waals surface area contributed by atoms with Crippen LogP contribution < -0.4 is 10.6 Å². The Labute approximate surface area is 129 Å². The molecular formula is C13H16Br2N4. The van der Waals surface area contributed by atoms with E-state index in [1.165, 1.54) is 0 Å². The lowest BCUT2D eigenvalue weighted by molar-refractivity contribution is 0.693. The van der Waals surface area contributed by atoms with Crippen LogP contribution in [-0.4, -0.2) is 16.8 Å². The molecule has 0 aliphatic rings. The summed E-state index contributed by atoms with van der Waals surface area (Å²) in [6.07, 6.45) is 0. The van der Waals surface area contributed by atoms with Gasteiger partial charge in [-0.05, 0) is 41.1 Å². The Bertz CT molecular complexity index is 607. The van der Waals surface area contributed by atoms with Crippen molar-refractivity contribution in [2.45, 2.75) is 13.5 Å². The van der Waals surface area contributed by atoms with Gasteiger partial charge in [-0.15, -0.1) is 0 Å². The highest BCUT2D eigenvalue weighted by atomic mass is 79.9. The molecule has 4 nitrogen and oxygen atoms in total. The summed E-state index contributed by atoms with van der Waals surface area (Å²) in [5, 5.41) is 4.40. The van der Waals surface area contributed by atoms with E-state index in [4.69, 9.17) is 5.73 Å². The van der Waals surface area contributed by atoms with Crippen molar-refractivity contribution in [2.75, 3.05) is 17.7 Å². The molecule has 2 aromatic rings. The van der Waals surface area contributed by atoms with Crippen molar-refractivity contribution in [3.63, 3.8) is 0 Å². The Kier molecular flexibility index (Phi) is 4.20.